The molecule has 0 saturated heterocycles. The molecule has 0 spiro atoms. The molecule has 0 saturated carbocycles. The van der Waals surface area contributed by atoms with E-state index in [-0.39, 0.29) is 18.2 Å². The maximum absolute atomic E-state index is 11.9. The van der Waals surface area contributed by atoms with Crippen LogP contribution in [0.25, 0.3) is 0 Å². The maximum atomic E-state index is 11.9. The summed E-state index contributed by atoms with van der Waals surface area (Å²) >= 11 is 1.69. The summed E-state index contributed by atoms with van der Waals surface area (Å²) in [5, 5.41) is 5.51. The number of nitrogens with one attached hydrogen (secondary N) is 3. The first-order chi connectivity index (χ1) is 11.6. The summed E-state index contributed by atoms with van der Waals surface area (Å²) in [6, 6.07) is 7.48. The molecule has 0 unspecified atom stereocenters. The molecule has 0 aliphatic heterocycles. The van der Waals surface area contributed by atoms with E-state index in [0.717, 1.165) is 34.1 Å². The van der Waals surface area contributed by atoms with Crippen molar-refractivity contribution >= 4 is 29.3 Å². The second kappa shape index (κ2) is 9.12. The molecule has 1 heterocycles. The zero-order chi connectivity index (χ0) is 17.4. The van der Waals surface area contributed by atoms with E-state index >= 15 is 0 Å². The Morgan fingerprint density at radius 2 is 2.00 bits per heavy atom. The number of aromatic amines is 1. The summed E-state index contributed by atoms with van der Waals surface area (Å²) in [5.74, 6) is 1.01. The second-order valence-corrected chi connectivity index (χ2v) is 6.52. The van der Waals surface area contributed by atoms with Crippen molar-refractivity contribution in [3.8, 4) is 0 Å². The van der Waals surface area contributed by atoms with Gasteiger partial charge in [0.25, 0.3) is 0 Å². The average molecular weight is 346 g/mol. The van der Waals surface area contributed by atoms with Crippen molar-refractivity contribution in [2.45, 2.75) is 26.0 Å². The first-order valence-corrected chi connectivity index (χ1v) is 8.90. The number of H-pyrrole nitrogens is 1. The standard InChI is InChI=1S/C17H22N4O2S/c1-12-5-3-4-6-14(12)21-17(23)9-16(22)18-7-8-24-10-15-13(2)19-11-20-15/h3-6,11H,7-10H2,1-2H3,(H,18,22)(H,19,20)(H,21,23). The first-order valence-electron chi connectivity index (χ1n) is 7.75. The van der Waals surface area contributed by atoms with E-state index in [4.69, 9.17) is 0 Å². The Morgan fingerprint density at radius 1 is 1.21 bits per heavy atom. The molecule has 0 aliphatic rings. The zero-order valence-corrected chi connectivity index (χ0v) is 14.7. The second-order valence-electron chi connectivity index (χ2n) is 5.42. The van der Waals surface area contributed by atoms with Crippen molar-refractivity contribution in [1.82, 2.24) is 15.3 Å². The molecule has 0 bridgehead atoms. The topological polar surface area (TPSA) is 86.9 Å². The molecule has 2 aromatic rings. The van der Waals surface area contributed by atoms with Gasteiger partial charge in [0.05, 0.1) is 12.0 Å². The van der Waals surface area contributed by atoms with Crippen LogP contribution in [-0.4, -0.2) is 34.1 Å². The summed E-state index contributed by atoms with van der Waals surface area (Å²) in [6.45, 7) is 4.43. The van der Waals surface area contributed by atoms with E-state index in [1.54, 1.807) is 18.1 Å². The van der Waals surface area contributed by atoms with Gasteiger partial charge < -0.3 is 15.6 Å². The highest BCUT2D eigenvalue weighted by Crippen LogP contribution is 2.13. The Balaban J connectivity index is 1.62. The van der Waals surface area contributed by atoms with Gasteiger partial charge in [-0.15, -0.1) is 0 Å². The number of nitrogens with zero attached hydrogens (tertiary/aromatic N) is 1. The number of aryl methyl sites for hydroxylation is 2. The van der Waals surface area contributed by atoms with Crippen LogP contribution in [0.4, 0.5) is 5.69 Å². The zero-order valence-electron chi connectivity index (χ0n) is 13.9. The van der Waals surface area contributed by atoms with Crippen molar-refractivity contribution in [3.05, 3.63) is 47.5 Å². The van der Waals surface area contributed by atoms with Crippen LogP contribution in [0.15, 0.2) is 30.6 Å². The highest BCUT2D eigenvalue weighted by Gasteiger charge is 2.10. The van der Waals surface area contributed by atoms with Gasteiger partial charge in [0.1, 0.15) is 6.42 Å². The van der Waals surface area contributed by atoms with Crippen LogP contribution in [-0.2, 0) is 15.3 Å². The molecule has 1 aromatic carbocycles. The van der Waals surface area contributed by atoms with Crippen molar-refractivity contribution in [1.29, 1.82) is 0 Å². The fraction of sp³-hybridized carbons (Fsp3) is 0.353. The van der Waals surface area contributed by atoms with Gasteiger partial charge in [-0.1, -0.05) is 18.2 Å². The number of amides is 2. The van der Waals surface area contributed by atoms with E-state index in [1.165, 1.54) is 0 Å². The molecule has 1 aromatic heterocycles. The highest BCUT2D eigenvalue weighted by atomic mass is 32.2. The minimum absolute atomic E-state index is 0.169. The SMILES string of the molecule is Cc1ccccc1NC(=O)CC(=O)NCCSCc1nc[nH]c1C. The van der Waals surface area contributed by atoms with Crippen LogP contribution in [0.3, 0.4) is 0 Å². The van der Waals surface area contributed by atoms with Crippen molar-refractivity contribution in [2.24, 2.45) is 0 Å². The Kier molecular flexibility index (Phi) is 6.87. The lowest BCUT2D eigenvalue weighted by Crippen LogP contribution is -2.29. The van der Waals surface area contributed by atoms with Crippen LogP contribution in [0.5, 0.6) is 0 Å². The molecule has 128 valence electrons. The van der Waals surface area contributed by atoms with Gasteiger partial charge in [-0.3, -0.25) is 9.59 Å². The number of imidazole rings is 1. The lowest BCUT2D eigenvalue weighted by atomic mass is 10.2. The summed E-state index contributed by atoms with van der Waals surface area (Å²) in [6.07, 6.45) is 1.51. The van der Waals surface area contributed by atoms with E-state index in [1.807, 2.05) is 38.1 Å². The van der Waals surface area contributed by atoms with E-state index in [0.29, 0.717) is 6.54 Å². The predicted molar refractivity (Wildman–Crippen MR) is 96.9 cm³/mol. The van der Waals surface area contributed by atoms with Crippen molar-refractivity contribution < 1.29 is 9.59 Å². The number of anilines is 1. The number of benzene rings is 1. The molecule has 6 nitrogen and oxygen atoms in total. The smallest absolute Gasteiger partial charge is 0.233 e. The Morgan fingerprint density at radius 3 is 2.71 bits per heavy atom. The van der Waals surface area contributed by atoms with E-state index < -0.39 is 0 Å². The molecule has 0 atom stereocenters. The van der Waals surface area contributed by atoms with Gasteiger partial charge in [0.2, 0.25) is 11.8 Å². The molecule has 2 amide bonds. The van der Waals surface area contributed by atoms with Crippen LogP contribution in [0.2, 0.25) is 0 Å². The quantitative estimate of drug-likeness (QED) is 0.506. The van der Waals surface area contributed by atoms with Crippen LogP contribution in [0, 0.1) is 13.8 Å². The fourth-order valence-electron chi connectivity index (χ4n) is 2.08. The number of aromatic nitrogens is 2. The lowest BCUT2D eigenvalue weighted by molar-refractivity contribution is -0.126. The Hall–Kier alpha value is -2.28. The number of carbonyl (C=O) groups excluding carboxylic acids is 2. The largest absolute Gasteiger partial charge is 0.355 e. The third kappa shape index (κ3) is 5.73. The van der Waals surface area contributed by atoms with Crippen LogP contribution in [0.1, 0.15) is 23.4 Å². The normalized spacial score (nSPS) is 10.4. The highest BCUT2D eigenvalue weighted by molar-refractivity contribution is 7.98. The number of rotatable bonds is 8. The predicted octanol–water partition coefficient (Wildman–Crippen LogP) is 2.40. The molecule has 24 heavy (non-hydrogen) atoms. The molecule has 7 heteroatoms. The van der Waals surface area contributed by atoms with Crippen molar-refractivity contribution in [2.75, 3.05) is 17.6 Å². The first kappa shape index (κ1) is 18.1. The van der Waals surface area contributed by atoms with Gasteiger partial charge in [-0.05, 0) is 25.5 Å². The molecule has 2 rings (SSSR count). The van der Waals surface area contributed by atoms with Gasteiger partial charge in [0, 0.05) is 29.4 Å². The molecule has 3 N–H and O–H groups in total. The van der Waals surface area contributed by atoms with Gasteiger partial charge in [-0.2, -0.15) is 11.8 Å². The van der Waals surface area contributed by atoms with Gasteiger partial charge in [-0.25, -0.2) is 4.98 Å². The van der Waals surface area contributed by atoms with E-state index in [9.17, 15) is 9.59 Å². The van der Waals surface area contributed by atoms with E-state index in [2.05, 4.69) is 20.6 Å². The summed E-state index contributed by atoms with van der Waals surface area (Å²) < 4.78 is 0. The van der Waals surface area contributed by atoms with Crippen molar-refractivity contribution in [3.63, 3.8) is 0 Å². The van der Waals surface area contributed by atoms with Gasteiger partial charge in [0.15, 0.2) is 0 Å². The Labute approximate surface area is 145 Å². The third-order valence-corrected chi connectivity index (χ3v) is 4.45. The average Bonchev–Trinajstić information content (AvgIpc) is 2.94. The number of thioether (sulfide) groups is 1. The molecular weight excluding hydrogens is 324 g/mol. The number of carbonyl (C=O) groups is 2. The summed E-state index contributed by atoms with van der Waals surface area (Å²) in [5.41, 5.74) is 3.81. The van der Waals surface area contributed by atoms with Crippen LogP contribution < -0.4 is 10.6 Å². The summed E-state index contributed by atoms with van der Waals surface area (Å²) in [7, 11) is 0. The van der Waals surface area contributed by atoms with Gasteiger partial charge >= 0.3 is 0 Å². The minimum Gasteiger partial charge on any atom is -0.355 e. The number of hydrogen-bond acceptors (Lipinski definition) is 4. The lowest BCUT2D eigenvalue weighted by Gasteiger charge is -2.08. The number of para-hydroxylation sites is 1. The molecule has 0 aliphatic carbocycles. The Bertz CT molecular complexity index is 699. The maximum Gasteiger partial charge on any atom is 0.233 e. The number of hydrogen-bond donors (Lipinski definition) is 3. The molecular formula is C17H22N4O2S. The minimum atomic E-state index is -0.304. The fourth-order valence-corrected chi connectivity index (χ4v) is 2.96. The monoisotopic (exact) mass is 346 g/mol. The molecule has 0 fully saturated rings. The third-order valence-electron chi connectivity index (χ3n) is 3.48. The molecule has 0 radical (unpaired) electrons. The van der Waals surface area contributed by atoms with Crippen LogP contribution >= 0.6 is 11.8 Å². The summed E-state index contributed by atoms with van der Waals surface area (Å²) in [4.78, 5) is 30.9.